The highest BCUT2D eigenvalue weighted by Gasteiger charge is 2.14. The summed E-state index contributed by atoms with van der Waals surface area (Å²) in [5.41, 5.74) is 0.652. The van der Waals surface area contributed by atoms with Crippen LogP contribution in [0, 0.1) is 0 Å². The van der Waals surface area contributed by atoms with Gasteiger partial charge in [0.15, 0.2) is 11.5 Å². The van der Waals surface area contributed by atoms with Crippen LogP contribution in [0.4, 0.5) is 0 Å². The highest BCUT2D eigenvalue weighted by molar-refractivity contribution is 9.10. The maximum atomic E-state index is 11.4. The Morgan fingerprint density at radius 3 is 2.22 bits per heavy atom. The number of benzene rings is 1. The second-order valence-corrected chi connectivity index (χ2v) is 4.30. The van der Waals surface area contributed by atoms with Gasteiger partial charge in [-0.25, -0.2) is 0 Å². The van der Waals surface area contributed by atoms with Gasteiger partial charge in [-0.1, -0.05) is 15.9 Å². The SMILES string of the molecule is COc1cc(Br)c(CC(=O)OC(C)=O)cc1OC. The Hall–Kier alpha value is -1.56. The normalized spacial score (nSPS) is 9.78. The molecule has 6 heteroatoms. The number of carbonyl (C=O) groups excluding carboxylic acids is 2. The molecule has 0 saturated heterocycles. The average Bonchev–Trinajstić information content (AvgIpc) is 2.30. The van der Waals surface area contributed by atoms with Gasteiger partial charge in [-0.05, 0) is 17.7 Å². The van der Waals surface area contributed by atoms with Gasteiger partial charge in [0.1, 0.15) is 0 Å². The molecule has 0 aromatic heterocycles. The van der Waals surface area contributed by atoms with Gasteiger partial charge in [0.25, 0.3) is 0 Å². The molecule has 1 aromatic rings. The molecule has 0 atom stereocenters. The van der Waals surface area contributed by atoms with Crippen LogP contribution in [0.3, 0.4) is 0 Å². The third-order valence-corrected chi connectivity index (χ3v) is 2.88. The molecule has 1 aromatic carbocycles. The summed E-state index contributed by atoms with van der Waals surface area (Å²) in [6.07, 6.45) is -0.0273. The van der Waals surface area contributed by atoms with Crippen LogP contribution in [-0.4, -0.2) is 26.2 Å². The zero-order chi connectivity index (χ0) is 13.7. The van der Waals surface area contributed by atoms with Crippen molar-refractivity contribution in [3.63, 3.8) is 0 Å². The largest absolute Gasteiger partial charge is 0.493 e. The van der Waals surface area contributed by atoms with Crippen molar-refractivity contribution in [1.82, 2.24) is 0 Å². The number of methoxy groups -OCH3 is 2. The van der Waals surface area contributed by atoms with Gasteiger partial charge in [0.2, 0.25) is 0 Å². The molecule has 0 amide bonds. The monoisotopic (exact) mass is 316 g/mol. The predicted molar refractivity (Wildman–Crippen MR) is 67.7 cm³/mol. The zero-order valence-corrected chi connectivity index (χ0v) is 11.9. The summed E-state index contributed by atoms with van der Waals surface area (Å²) < 4.78 is 15.4. The number of rotatable bonds is 4. The van der Waals surface area contributed by atoms with Crippen molar-refractivity contribution < 1.29 is 23.8 Å². The molecule has 0 unspecified atom stereocenters. The van der Waals surface area contributed by atoms with E-state index in [2.05, 4.69) is 20.7 Å². The fourth-order valence-corrected chi connectivity index (χ4v) is 1.85. The minimum absolute atomic E-state index is 0.0273. The van der Waals surface area contributed by atoms with Crippen LogP contribution in [0.2, 0.25) is 0 Å². The van der Waals surface area contributed by atoms with Gasteiger partial charge < -0.3 is 14.2 Å². The van der Waals surface area contributed by atoms with E-state index >= 15 is 0 Å². The molecule has 0 heterocycles. The van der Waals surface area contributed by atoms with Crippen molar-refractivity contribution in [3.05, 3.63) is 22.2 Å². The van der Waals surface area contributed by atoms with E-state index in [1.807, 2.05) is 0 Å². The van der Waals surface area contributed by atoms with Crippen molar-refractivity contribution in [1.29, 1.82) is 0 Å². The number of esters is 2. The van der Waals surface area contributed by atoms with Gasteiger partial charge in [-0.15, -0.1) is 0 Å². The van der Waals surface area contributed by atoms with Crippen molar-refractivity contribution in [3.8, 4) is 11.5 Å². The molecule has 0 fully saturated rings. The van der Waals surface area contributed by atoms with E-state index in [-0.39, 0.29) is 6.42 Å². The zero-order valence-electron chi connectivity index (χ0n) is 10.3. The molecular formula is C12H13BrO5. The standard InChI is InChI=1S/C12H13BrO5/c1-7(14)18-12(15)5-8-4-10(16-2)11(17-3)6-9(8)13/h4,6H,5H2,1-3H3. The summed E-state index contributed by atoms with van der Waals surface area (Å²) in [6, 6.07) is 3.35. The van der Waals surface area contributed by atoms with E-state index in [1.54, 1.807) is 12.1 Å². The van der Waals surface area contributed by atoms with Crippen LogP contribution < -0.4 is 9.47 Å². The third kappa shape index (κ3) is 3.73. The third-order valence-electron chi connectivity index (χ3n) is 2.14. The lowest BCUT2D eigenvalue weighted by atomic mass is 10.1. The highest BCUT2D eigenvalue weighted by Crippen LogP contribution is 2.33. The van der Waals surface area contributed by atoms with E-state index in [9.17, 15) is 9.59 Å². The van der Waals surface area contributed by atoms with E-state index in [0.29, 0.717) is 21.5 Å². The second kappa shape index (κ2) is 6.39. The average molecular weight is 317 g/mol. The van der Waals surface area contributed by atoms with Crippen LogP contribution >= 0.6 is 15.9 Å². The molecule has 0 aliphatic heterocycles. The number of hydrogen-bond donors (Lipinski definition) is 0. The molecule has 98 valence electrons. The first-order valence-electron chi connectivity index (χ1n) is 5.09. The molecule has 0 aliphatic carbocycles. The second-order valence-electron chi connectivity index (χ2n) is 3.44. The maximum absolute atomic E-state index is 11.4. The molecule has 0 N–H and O–H groups in total. The Bertz CT molecular complexity index is 470. The summed E-state index contributed by atoms with van der Waals surface area (Å²) in [4.78, 5) is 22.0. The fraction of sp³-hybridized carbons (Fsp3) is 0.333. The summed E-state index contributed by atoms with van der Waals surface area (Å²) >= 11 is 3.32. The number of ether oxygens (including phenoxy) is 3. The predicted octanol–water partition coefficient (Wildman–Crippen LogP) is 2.10. The quantitative estimate of drug-likeness (QED) is 0.629. The first-order valence-corrected chi connectivity index (χ1v) is 5.89. The Balaban J connectivity index is 2.95. The van der Waals surface area contributed by atoms with E-state index < -0.39 is 11.9 Å². The first kappa shape index (κ1) is 14.5. The summed E-state index contributed by atoms with van der Waals surface area (Å²) in [6.45, 7) is 1.18. The number of carbonyl (C=O) groups is 2. The first-order chi connectivity index (χ1) is 8.47. The van der Waals surface area contributed by atoms with Gasteiger partial charge in [-0.3, -0.25) is 9.59 Å². The molecule has 5 nitrogen and oxygen atoms in total. The Kier molecular flexibility index (Phi) is 5.15. The topological polar surface area (TPSA) is 61.8 Å². The van der Waals surface area contributed by atoms with Gasteiger partial charge in [0, 0.05) is 11.4 Å². The van der Waals surface area contributed by atoms with Gasteiger partial charge in [-0.2, -0.15) is 0 Å². The van der Waals surface area contributed by atoms with Crippen LogP contribution in [-0.2, 0) is 20.7 Å². The summed E-state index contributed by atoms with van der Waals surface area (Å²) in [5, 5.41) is 0. The van der Waals surface area contributed by atoms with E-state index in [4.69, 9.17) is 9.47 Å². The molecule has 0 bridgehead atoms. The van der Waals surface area contributed by atoms with E-state index in [0.717, 1.165) is 0 Å². The lowest BCUT2D eigenvalue weighted by Crippen LogP contribution is -2.12. The van der Waals surface area contributed by atoms with Crippen LogP contribution in [0.5, 0.6) is 11.5 Å². The highest BCUT2D eigenvalue weighted by atomic mass is 79.9. The lowest BCUT2D eigenvalue weighted by molar-refractivity contribution is -0.157. The Morgan fingerprint density at radius 1 is 1.17 bits per heavy atom. The minimum atomic E-state index is -0.628. The Labute approximate surface area is 113 Å². The van der Waals surface area contributed by atoms with Crippen LogP contribution in [0.1, 0.15) is 12.5 Å². The fourth-order valence-electron chi connectivity index (χ4n) is 1.38. The van der Waals surface area contributed by atoms with Crippen molar-refractivity contribution >= 4 is 27.9 Å². The lowest BCUT2D eigenvalue weighted by Gasteiger charge is -2.11. The van der Waals surface area contributed by atoms with Gasteiger partial charge >= 0.3 is 11.9 Å². The Morgan fingerprint density at radius 2 is 1.72 bits per heavy atom. The minimum Gasteiger partial charge on any atom is -0.493 e. The van der Waals surface area contributed by atoms with Crippen molar-refractivity contribution in [2.75, 3.05) is 14.2 Å². The molecule has 0 aliphatic rings. The molecule has 18 heavy (non-hydrogen) atoms. The molecule has 0 spiro atoms. The summed E-state index contributed by atoms with van der Waals surface area (Å²) in [7, 11) is 3.03. The van der Waals surface area contributed by atoms with Crippen LogP contribution in [0.25, 0.3) is 0 Å². The van der Waals surface area contributed by atoms with Gasteiger partial charge in [0.05, 0.1) is 20.6 Å². The van der Waals surface area contributed by atoms with E-state index in [1.165, 1.54) is 21.1 Å². The van der Waals surface area contributed by atoms with Crippen molar-refractivity contribution in [2.24, 2.45) is 0 Å². The van der Waals surface area contributed by atoms with Crippen molar-refractivity contribution in [2.45, 2.75) is 13.3 Å². The summed E-state index contributed by atoms with van der Waals surface area (Å²) in [5.74, 6) is -0.189. The molecule has 0 radical (unpaired) electrons. The maximum Gasteiger partial charge on any atom is 0.317 e. The van der Waals surface area contributed by atoms with Crippen LogP contribution in [0.15, 0.2) is 16.6 Å². The number of halogens is 1. The smallest absolute Gasteiger partial charge is 0.317 e. The molecule has 0 saturated carbocycles. The molecular weight excluding hydrogens is 304 g/mol. The molecule has 1 rings (SSSR count). The number of hydrogen-bond acceptors (Lipinski definition) is 5.